The first-order valence-electron chi connectivity index (χ1n) is 9.34. The highest BCUT2D eigenvalue weighted by Gasteiger charge is 2.12. The van der Waals surface area contributed by atoms with Gasteiger partial charge in [-0.05, 0) is 25.7 Å². The Bertz CT molecular complexity index is 232. The first kappa shape index (κ1) is 35.6. The predicted molar refractivity (Wildman–Crippen MR) is 124 cm³/mol. The maximum absolute atomic E-state index is 4.66. The molecule has 0 aliphatic rings. The highest BCUT2D eigenvalue weighted by atomic mass is 15.4. The topological polar surface area (TPSA) is 15.6 Å². The van der Waals surface area contributed by atoms with Crippen molar-refractivity contribution in [1.82, 2.24) is 5.01 Å². The second-order valence-corrected chi connectivity index (χ2v) is 6.69. The molecule has 0 unspecified atom stereocenters. The Labute approximate surface area is 163 Å². The summed E-state index contributed by atoms with van der Waals surface area (Å²) in [7, 11) is 4.06. The van der Waals surface area contributed by atoms with Crippen LogP contribution in [0.2, 0.25) is 0 Å². The molecule has 0 spiro atoms. The highest BCUT2D eigenvalue weighted by Crippen LogP contribution is 2.20. The van der Waals surface area contributed by atoms with Gasteiger partial charge in [-0.25, -0.2) is 0 Å². The molecule has 0 saturated carbocycles. The smallest absolute Gasteiger partial charge is 0.0380 e. The van der Waals surface area contributed by atoms with Crippen LogP contribution >= 0.6 is 0 Å². The van der Waals surface area contributed by atoms with Crippen molar-refractivity contribution in [3.05, 3.63) is 0 Å². The Balaban J connectivity index is -0.000000333. The minimum atomic E-state index is 0. The van der Waals surface area contributed by atoms with Gasteiger partial charge in [0.15, 0.2) is 0 Å². The zero-order chi connectivity index (χ0) is 15.9. The van der Waals surface area contributed by atoms with Gasteiger partial charge >= 0.3 is 0 Å². The van der Waals surface area contributed by atoms with E-state index >= 15 is 0 Å². The normalized spacial score (nSPS) is 10.2. The third-order valence-corrected chi connectivity index (χ3v) is 4.26. The van der Waals surface area contributed by atoms with E-state index < -0.39 is 0 Å². The monoisotopic (exact) mass is 360 g/mol. The second kappa shape index (κ2) is 25.7. The summed E-state index contributed by atoms with van der Waals surface area (Å²) < 4.78 is 0. The Hall–Kier alpha value is -0.530. The Morgan fingerprint density at radius 2 is 1.04 bits per heavy atom. The molecule has 0 bridgehead atoms. The molecule has 0 fully saturated rings. The molecule has 2 heteroatoms. The van der Waals surface area contributed by atoms with E-state index in [1.54, 1.807) is 0 Å². The van der Waals surface area contributed by atoms with Crippen LogP contribution in [0.25, 0.3) is 0 Å². The van der Waals surface area contributed by atoms with Crippen molar-refractivity contribution in [2.45, 2.75) is 128 Å². The van der Waals surface area contributed by atoms with Gasteiger partial charge in [-0.15, -0.1) is 0 Å². The van der Waals surface area contributed by atoms with Crippen LogP contribution in [0.15, 0.2) is 5.10 Å². The third-order valence-electron chi connectivity index (χ3n) is 4.26. The molecule has 0 aromatic heterocycles. The summed E-state index contributed by atoms with van der Waals surface area (Å²) in [5.41, 5.74) is 1.34. The second-order valence-electron chi connectivity index (χ2n) is 6.69. The van der Waals surface area contributed by atoms with Gasteiger partial charge in [-0.1, -0.05) is 108 Å². The van der Waals surface area contributed by atoms with Crippen LogP contribution in [0.4, 0.5) is 0 Å². The summed E-state index contributed by atoms with van der Waals surface area (Å²) in [5, 5.41) is 6.61. The number of hydrazone groups is 1. The van der Waals surface area contributed by atoms with E-state index in [0.717, 1.165) is 0 Å². The summed E-state index contributed by atoms with van der Waals surface area (Å²) in [6, 6.07) is 0. The largest absolute Gasteiger partial charge is 0.303 e. The number of hydrogen-bond acceptors (Lipinski definition) is 2. The van der Waals surface area contributed by atoms with Crippen molar-refractivity contribution in [3.63, 3.8) is 0 Å². The number of rotatable bonds is 14. The lowest BCUT2D eigenvalue weighted by Gasteiger charge is -2.18. The Morgan fingerprint density at radius 1 is 0.680 bits per heavy atom. The molecule has 0 radical (unpaired) electrons. The summed E-state index contributed by atoms with van der Waals surface area (Å²) in [6.07, 6.45) is 16.5. The van der Waals surface area contributed by atoms with Gasteiger partial charge in [0.2, 0.25) is 0 Å². The van der Waals surface area contributed by atoms with Crippen LogP contribution in [-0.2, 0) is 0 Å². The predicted octanol–water partition coefficient (Wildman–Crippen LogP) is 8.81. The van der Waals surface area contributed by atoms with Crippen LogP contribution in [-0.4, -0.2) is 24.8 Å². The van der Waals surface area contributed by atoms with Crippen molar-refractivity contribution >= 4 is 5.71 Å². The van der Waals surface area contributed by atoms with Crippen LogP contribution in [0.3, 0.4) is 0 Å². The summed E-state index contributed by atoms with van der Waals surface area (Å²) in [6.45, 7) is 6.79. The fourth-order valence-corrected chi connectivity index (χ4v) is 2.95. The van der Waals surface area contributed by atoms with Crippen molar-refractivity contribution in [2.75, 3.05) is 14.1 Å². The molecule has 0 N–H and O–H groups in total. The average Bonchev–Trinajstić information content (AvgIpc) is 2.43. The first-order valence-corrected chi connectivity index (χ1v) is 9.34. The van der Waals surface area contributed by atoms with Crippen LogP contribution in [0.5, 0.6) is 0 Å². The van der Waals surface area contributed by atoms with E-state index in [0.29, 0.717) is 5.92 Å². The summed E-state index contributed by atoms with van der Waals surface area (Å²) >= 11 is 0. The SMILES string of the molecule is C.C.C.C.CCCCCCCC(CCCCCCC)/C(C)=N/N(C)C. The van der Waals surface area contributed by atoms with E-state index in [9.17, 15) is 0 Å². The minimum Gasteiger partial charge on any atom is -0.303 e. The number of hydrogen-bond donors (Lipinski definition) is 0. The molecule has 0 aromatic carbocycles. The molecular formula is C23H56N2. The molecule has 0 atom stereocenters. The van der Waals surface area contributed by atoms with E-state index in [2.05, 4.69) is 25.9 Å². The minimum absolute atomic E-state index is 0. The van der Waals surface area contributed by atoms with E-state index in [-0.39, 0.29) is 29.7 Å². The molecule has 158 valence electrons. The summed E-state index contributed by atoms with van der Waals surface area (Å²) in [5.74, 6) is 0.704. The fraction of sp³-hybridized carbons (Fsp3) is 0.957. The van der Waals surface area contributed by atoms with Crippen LogP contribution < -0.4 is 0 Å². The Morgan fingerprint density at radius 3 is 1.36 bits per heavy atom. The fourth-order valence-electron chi connectivity index (χ4n) is 2.95. The van der Waals surface area contributed by atoms with Crippen molar-refractivity contribution < 1.29 is 0 Å². The maximum Gasteiger partial charge on any atom is 0.0380 e. The van der Waals surface area contributed by atoms with Crippen molar-refractivity contribution in [3.8, 4) is 0 Å². The van der Waals surface area contributed by atoms with E-state index in [4.69, 9.17) is 0 Å². The Kier molecular flexibility index (Phi) is 36.6. The van der Waals surface area contributed by atoms with Gasteiger partial charge in [0.05, 0.1) is 0 Å². The standard InChI is InChI=1S/C19H40N2.4CH4/c1-6-8-10-12-14-16-19(18(3)20-21(4)5)17-15-13-11-9-7-2;;;;/h19H,6-17H2,1-5H3;4*1H4/b20-18+;;;;. The molecule has 25 heavy (non-hydrogen) atoms. The maximum atomic E-state index is 4.66. The van der Waals surface area contributed by atoms with Crippen molar-refractivity contribution in [2.24, 2.45) is 11.0 Å². The van der Waals surface area contributed by atoms with Gasteiger partial charge in [0, 0.05) is 19.8 Å². The molecule has 0 heterocycles. The lowest BCUT2D eigenvalue weighted by atomic mass is 9.91. The van der Waals surface area contributed by atoms with Crippen LogP contribution in [0, 0.1) is 5.92 Å². The lowest BCUT2D eigenvalue weighted by molar-refractivity contribution is 0.421. The lowest BCUT2D eigenvalue weighted by Crippen LogP contribution is -2.16. The zero-order valence-electron chi connectivity index (χ0n) is 15.5. The molecule has 2 nitrogen and oxygen atoms in total. The first-order chi connectivity index (χ1) is 10.1. The van der Waals surface area contributed by atoms with Gasteiger partial charge in [-0.2, -0.15) is 5.10 Å². The summed E-state index contributed by atoms with van der Waals surface area (Å²) in [4.78, 5) is 0. The zero-order valence-corrected chi connectivity index (χ0v) is 15.5. The number of unbranched alkanes of at least 4 members (excludes halogenated alkanes) is 8. The molecule has 0 aliphatic carbocycles. The molecule has 0 saturated heterocycles. The van der Waals surface area contributed by atoms with Gasteiger partial charge in [-0.3, -0.25) is 0 Å². The van der Waals surface area contributed by atoms with Gasteiger partial charge in [0.1, 0.15) is 0 Å². The van der Waals surface area contributed by atoms with Gasteiger partial charge in [0.25, 0.3) is 0 Å². The van der Waals surface area contributed by atoms with E-state index in [1.807, 2.05) is 19.1 Å². The quantitative estimate of drug-likeness (QED) is 0.172. The third kappa shape index (κ3) is 23.5. The molecule has 0 amide bonds. The van der Waals surface area contributed by atoms with Crippen LogP contribution in [0.1, 0.15) is 128 Å². The molecular weight excluding hydrogens is 304 g/mol. The number of nitrogens with zero attached hydrogens (tertiary/aromatic N) is 2. The molecule has 0 aliphatic heterocycles. The average molecular weight is 361 g/mol. The van der Waals surface area contributed by atoms with E-state index in [1.165, 1.54) is 82.8 Å². The van der Waals surface area contributed by atoms with Crippen molar-refractivity contribution in [1.29, 1.82) is 0 Å². The van der Waals surface area contributed by atoms with Gasteiger partial charge < -0.3 is 5.01 Å². The molecule has 0 rings (SSSR count). The highest BCUT2D eigenvalue weighted by molar-refractivity contribution is 5.84. The molecule has 0 aromatic rings.